The fourth-order valence-electron chi connectivity index (χ4n) is 2.10. The summed E-state index contributed by atoms with van der Waals surface area (Å²) in [5.74, 6) is 2.96. The molecular formula is C19H21Cl2NOS2. The highest BCUT2D eigenvalue weighted by Crippen LogP contribution is 2.28. The number of nitrogens with one attached hydrogen (secondary N) is 1. The van der Waals surface area contributed by atoms with Gasteiger partial charge in [0.15, 0.2) is 0 Å². The molecule has 0 aliphatic carbocycles. The number of aryl methyl sites for hydroxylation is 1. The van der Waals surface area contributed by atoms with Crippen LogP contribution in [0, 0.1) is 6.92 Å². The van der Waals surface area contributed by atoms with Crippen LogP contribution in [-0.4, -0.2) is 24.0 Å². The van der Waals surface area contributed by atoms with Gasteiger partial charge in [-0.15, -0.1) is 11.8 Å². The zero-order chi connectivity index (χ0) is 18.1. The first kappa shape index (κ1) is 20.5. The summed E-state index contributed by atoms with van der Waals surface area (Å²) in [5.41, 5.74) is 3.47. The molecule has 0 unspecified atom stereocenters. The molecular weight excluding hydrogens is 393 g/mol. The summed E-state index contributed by atoms with van der Waals surface area (Å²) in [7, 11) is 0. The predicted octanol–water partition coefficient (Wildman–Crippen LogP) is 5.58. The van der Waals surface area contributed by atoms with Gasteiger partial charge in [-0.2, -0.15) is 11.8 Å². The average Bonchev–Trinajstić information content (AvgIpc) is 2.59. The number of hydrogen-bond acceptors (Lipinski definition) is 3. The van der Waals surface area contributed by atoms with Crippen LogP contribution in [-0.2, 0) is 16.3 Å². The number of hydrogen-bond donors (Lipinski definition) is 1. The third-order valence-corrected chi connectivity index (χ3v) is 6.20. The maximum Gasteiger partial charge on any atom is 0.230 e. The van der Waals surface area contributed by atoms with Gasteiger partial charge < -0.3 is 5.32 Å². The van der Waals surface area contributed by atoms with Crippen LogP contribution in [0.2, 0.25) is 10.0 Å². The van der Waals surface area contributed by atoms with Crippen LogP contribution < -0.4 is 5.32 Å². The highest BCUT2D eigenvalue weighted by atomic mass is 35.5. The summed E-state index contributed by atoms with van der Waals surface area (Å²) in [4.78, 5) is 11.9. The second-order valence-electron chi connectivity index (χ2n) is 5.58. The molecule has 1 N–H and O–H groups in total. The third kappa shape index (κ3) is 7.53. The minimum atomic E-state index is 0.0455. The molecule has 2 aromatic rings. The average molecular weight is 414 g/mol. The van der Waals surface area contributed by atoms with Crippen LogP contribution in [0.4, 0.5) is 0 Å². The Hall–Kier alpha value is -0.810. The van der Waals surface area contributed by atoms with Crippen molar-refractivity contribution in [2.45, 2.75) is 18.4 Å². The molecule has 2 aromatic carbocycles. The van der Waals surface area contributed by atoms with Crippen molar-refractivity contribution in [2.24, 2.45) is 0 Å². The van der Waals surface area contributed by atoms with E-state index in [4.69, 9.17) is 23.2 Å². The van der Waals surface area contributed by atoms with E-state index in [-0.39, 0.29) is 5.91 Å². The Balaban J connectivity index is 1.57. The van der Waals surface area contributed by atoms with Gasteiger partial charge in [-0.1, -0.05) is 59.1 Å². The van der Waals surface area contributed by atoms with E-state index < -0.39 is 0 Å². The largest absolute Gasteiger partial charge is 0.355 e. The van der Waals surface area contributed by atoms with Gasteiger partial charge in [0.25, 0.3) is 0 Å². The van der Waals surface area contributed by atoms with Gasteiger partial charge in [0.05, 0.1) is 5.75 Å². The van der Waals surface area contributed by atoms with Gasteiger partial charge in [0.2, 0.25) is 5.91 Å². The molecule has 0 heterocycles. The smallest absolute Gasteiger partial charge is 0.230 e. The van der Waals surface area contributed by atoms with E-state index in [1.54, 1.807) is 0 Å². The molecule has 2 rings (SSSR count). The second-order valence-corrected chi connectivity index (χ2v) is 8.49. The maximum absolute atomic E-state index is 11.9. The summed E-state index contributed by atoms with van der Waals surface area (Å²) in [6.07, 6.45) is 0. The fraction of sp³-hybridized carbons (Fsp3) is 0.316. The van der Waals surface area contributed by atoms with E-state index in [0.717, 1.165) is 17.1 Å². The quantitative estimate of drug-likeness (QED) is 0.543. The Labute approximate surface area is 168 Å². The van der Waals surface area contributed by atoms with Crippen molar-refractivity contribution in [3.8, 4) is 0 Å². The molecule has 0 aliphatic heterocycles. The van der Waals surface area contributed by atoms with E-state index in [0.29, 0.717) is 28.1 Å². The van der Waals surface area contributed by atoms with Gasteiger partial charge >= 0.3 is 0 Å². The summed E-state index contributed by atoms with van der Waals surface area (Å²) < 4.78 is 0. The Bertz CT molecular complexity index is 672. The molecule has 25 heavy (non-hydrogen) atoms. The van der Waals surface area contributed by atoms with Gasteiger partial charge in [-0.3, -0.25) is 4.79 Å². The van der Waals surface area contributed by atoms with Gasteiger partial charge in [0, 0.05) is 33.8 Å². The molecule has 0 aliphatic rings. The molecule has 0 spiro atoms. The predicted molar refractivity (Wildman–Crippen MR) is 113 cm³/mol. The van der Waals surface area contributed by atoms with Crippen LogP contribution in [0.25, 0.3) is 0 Å². The number of halogens is 2. The van der Waals surface area contributed by atoms with Gasteiger partial charge in [-0.25, -0.2) is 0 Å². The zero-order valence-corrected chi connectivity index (χ0v) is 17.2. The molecule has 134 valence electrons. The van der Waals surface area contributed by atoms with Crippen molar-refractivity contribution in [3.63, 3.8) is 0 Å². The highest BCUT2D eigenvalue weighted by Gasteiger charge is 2.07. The van der Waals surface area contributed by atoms with Crippen molar-refractivity contribution in [3.05, 3.63) is 69.2 Å². The Morgan fingerprint density at radius 1 is 1.00 bits per heavy atom. The van der Waals surface area contributed by atoms with E-state index >= 15 is 0 Å². The summed E-state index contributed by atoms with van der Waals surface area (Å²) in [5, 5.41) is 4.24. The number of benzene rings is 2. The Morgan fingerprint density at radius 2 is 1.68 bits per heavy atom. The van der Waals surface area contributed by atoms with Crippen molar-refractivity contribution in [2.75, 3.05) is 18.1 Å². The Morgan fingerprint density at radius 3 is 2.36 bits per heavy atom. The minimum Gasteiger partial charge on any atom is -0.355 e. The van der Waals surface area contributed by atoms with Crippen LogP contribution in [0.3, 0.4) is 0 Å². The van der Waals surface area contributed by atoms with Crippen LogP contribution in [0.1, 0.15) is 16.7 Å². The number of thioether (sulfide) groups is 2. The molecule has 2 nitrogen and oxygen atoms in total. The summed E-state index contributed by atoms with van der Waals surface area (Å²) >= 11 is 15.6. The molecule has 1 amide bonds. The van der Waals surface area contributed by atoms with E-state index in [1.165, 1.54) is 22.9 Å². The van der Waals surface area contributed by atoms with Gasteiger partial charge in [-0.05, 0) is 30.2 Å². The van der Waals surface area contributed by atoms with Crippen molar-refractivity contribution in [1.82, 2.24) is 5.32 Å². The topological polar surface area (TPSA) is 29.1 Å². The number of amides is 1. The van der Waals surface area contributed by atoms with E-state index in [2.05, 4.69) is 36.5 Å². The molecule has 0 radical (unpaired) electrons. The lowest BCUT2D eigenvalue weighted by Gasteiger charge is -2.08. The zero-order valence-electron chi connectivity index (χ0n) is 14.1. The van der Waals surface area contributed by atoms with Crippen LogP contribution in [0.5, 0.6) is 0 Å². The molecule has 0 aromatic heterocycles. The lowest BCUT2D eigenvalue weighted by atomic mass is 10.2. The molecule has 6 heteroatoms. The Kier molecular flexibility index (Phi) is 9.04. The van der Waals surface area contributed by atoms with Crippen molar-refractivity contribution < 1.29 is 4.79 Å². The lowest BCUT2D eigenvalue weighted by molar-refractivity contribution is -0.118. The SMILES string of the molecule is Cc1ccc(CSCCNC(=O)CSCc2c(Cl)cccc2Cl)cc1. The highest BCUT2D eigenvalue weighted by molar-refractivity contribution is 7.99. The summed E-state index contributed by atoms with van der Waals surface area (Å²) in [6, 6.07) is 14.0. The first-order valence-electron chi connectivity index (χ1n) is 7.97. The normalized spacial score (nSPS) is 10.7. The number of rotatable bonds is 9. The van der Waals surface area contributed by atoms with E-state index in [1.807, 2.05) is 30.0 Å². The van der Waals surface area contributed by atoms with Gasteiger partial charge in [0.1, 0.15) is 0 Å². The number of carbonyl (C=O) groups excluding carboxylic acids is 1. The fourth-order valence-corrected chi connectivity index (χ4v) is 4.52. The minimum absolute atomic E-state index is 0.0455. The molecule has 0 atom stereocenters. The standard InChI is InChI=1S/C19H21Cl2NOS2/c1-14-5-7-15(8-6-14)11-24-10-9-22-19(23)13-25-12-16-17(20)3-2-4-18(16)21/h2-8H,9-13H2,1H3,(H,22,23). The molecule has 0 bridgehead atoms. The monoisotopic (exact) mass is 413 g/mol. The van der Waals surface area contributed by atoms with Crippen molar-refractivity contribution in [1.29, 1.82) is 0 Å². The first-order valence-corrected chi connectivity index (χ1v) is 11.0. The van der Waals surface area contributed by atoms with Crippen LogP contribution in [0.15, 0.2) is 42.5 Å². The molecule has 0 saturated carbocycles. The van der Waals surface area contributed by atoms with E-state index in [9.17, 15) is 4.79 Å². The lowest BCUT2D eigenvalue weighted by Crippen LogP contribution is -2.27. The first-order chi connectivity index (χ1) is 12.1. The summed E-state index contributed by atoms with van der Waals surface area (Å²) in [6.45, 7) is 2.77. The van der Waals surface area contributed by atoms with Crippen LogP contribution >= 0.6 is 46.7 Å². The number of carbonyl (C=O) groups is 1. The second kappa shape index (κ2) is 11.0. The maximum atomic E-state index is 11.9. The molecule has 0 fully saturated rings. The third-order valence-electron chi connectivity index (χ3n) is 3.50. The molecule has 0 saturated heterocycles. The van der Waals surface area contributed by atoms with Crippen molar-refractivity contribution >= 4 is 52.6 Å².